The molecule has 2 rings (SSSR count). The first-order valence-corrected chi connectivity index (χ1v) is 6.58. The number of hydrogen-bond donors (Lipinski definition) is 1. The second-order valence-corrected chi connectivity index (χ2v) is 5.02. The molecule has 1 aromatic carbocycles. The second kappa shape index (κ2) is 5.49. The largest absolute Gasteiger partial charge is 0.317 e. The molecule has 88 valence electrons. The van der Waals surface area contributed by atoms with E-state index in [1.54, 1.807) is 5.56 Å². The van der Waals surface area contributed by atoms with E-state index in [1.165, 1.54) is 31.4 Å². The van der Waals surface area contributed by atoms with Gasteiger partial charge in [-0.3, -0.25) is 0 Å². The van der Waals surface area contributed by atoms with Crippen LogP contribution in [0.2, 0.25) is 0 Å². The monoisotopic (exact) mass is 217 g/mol. The lowest BCUT2D eigenvalue weighted by Gasteiger charge is -2.20. The normalized spacial score (nSPS) is 24.9. The summed E-state index contributed by atoms with van der Waals surface area (Å²) in [7, 11) is 0. The standard InChI is InChI=1S/C15H23N/c1-3-16-11-14-5-4-6-15(14)13-9-7-12(2)8-10-13/h7-10,14-16H,3-6,11H2,1-2H3. The number of benzene rings is 1. The molecular weight excluding hydrogens is 194 g/mol. The lowest BCUT2D eigenvalue weighted by atomic mass is 9.88. The van der Waals surface area contributed by atoms with Gasteiger partial charge in [-0.05, 0) is 50.3 Å². The van der Waals surface area contributed by atoms with E-state index in [0.29, 0.717) is 0 Å². The molecule has 0 spiro atoms. The van der Waals surface area contributed by atoms with Crippen LogP contribution in [0.25, 0.3) is 0 Å². The molecular formula is C15H23N. The predicted octanol–water partition coefficient (Wildman–Crippen LogP) is 3.49. The van der Waals surface area contributed by atoms with E-state index < -0.39 is 0 Å². The fourth-order valence-corrected chi connectivity index (χ4v) is 2.86. The fourth-order valence-electron chi connectivity index (χ4n) is 2.86. The molecule has 1 fully saturated rings. The molecule has 0 saturated heterocycles. The fraction of sp³-hybridized carbons (Fsp3) is 0.600. The number of rotatable bonds is 4. The van der Waals surface area contributed by atoms with Crippen LogP contribution in [0.5, 0.6) is 0 Å². The molecule has 1 nitrogen and oxygen atoms in total. The van der Waals surface area contributed by atoms with Gasteiger partial charge >= 0.3 is 0 Å². The molecule has 0 bridgehead atoms. The van der Waals surface area contributed by atoms with Crippen molar-refractivity contribution in [3.05, 3.63) is 35.4 Å². The van der Waals surface area contributed by atoms with Crippen LogP contribution < -0.4 is 5.32 Å². The van der Waals surface area contributed by atoms with Crippen molar-refractivity contribution in [2.24, 2.45) is 5.92 Å². The number of aryl methyl sites for hydroxylation is 1. The molecule has 1 saturated carbocycles. The number of nitrogens with one attached hydrogen (secondary N) is 1. The van der Waals surface area contributed by atoms with Gasteiger partial charge in [-0.1, -0.05) is 43.2 Å². The Kier molecular flexibility index (Phi) is 4.00. The molecule has 1 heteroatoms. The minimum atomic E-state index is 0.791. The first-order chi connectivity index (χ1) is 7.81. The first kappa shape index (κ1) is 11.7. The quantitative estimate of drug-likeness (QED) is 0.814. The highest BCUT2D eigenvalue weighted by Crippen LogP contribution is 2.39. The Morgan fingerprint density at radius 2 is 1.94 bits per heavy atom. The van der Waals surface area contributed by atoms with Gasteiger partial charge < -0.3 is 5.32 Å². The first-order valence-electron chi connectivity index (χ1n) is 6.58. The van der Waals surface area contributed by atoms with Crippen LogP contribution in [0.4, 0.5) is 0 Å². The smallest absolute Gasteiger partial charge is 0.00148 e. The van der Waals surface area contributed by atoms with Gasteiger partial charge in [0.2, 0.25) is 0 Å². The van der Waals surface area contributed by atoms with Gasteiger partial charge in [0.05, 0.1) is 0 Å². The molecule has 1 aromatic rings. The molecule has 0 heterocycles. The zero-order chi connectivity index (χ0) is 11.4. The van der Waals surface area contributed by atoms with Crippen molar-refractivity contribution in [3.8, 4) is 0 Å². The molecule has 2 atom stereocenters. The highest BCUT2D eigenvalue weighted by atomic mass is 14.8. The SMILES string of the molecule is CCNCC1CCCC1c1ccc(C)cc1. The van der Waals surface area contributed by atoms with Gasteiger partial charge in [0.25, 0.3) is 0 Å². The summed E-state index contributed by atoms with van der Waals surface area (Å²) in [5.41, 5.74) is 2.91. The van der Waals surface area contributed by atoms with Gasteiger partial charge in [0.1, 0.15) is 0 Å². The van der Waals surface area contributed by atoms with E-state index >= 15 is 0 Å². The summed E-state index contributed by atoms with van der Waals surface area (Å²) in [6.45, 7) is 6.64. The molecule has 16 heavy (non-hydrogen) atoms. The van der Waals surface area contributed by atoms with Gasteiger partial charge in [-0.25, -0.2) is 0 Å². The Balaban J connectivity index is 2.04. The predicted molar refractivity (Wildman–Crippen MR) is 69.8 cm³/mol. The van der Waals surface area contributed by atoms with E-state index in [1.807, 2.05) is 0 Å². The molecule has 0 aromatic heterocycles. The Hall–Kier alpha value is -0.820. The second-order valence-electron chi connectivity index (χ2n) is 5.02. The van der Waals surface area contributed by atoms with E-state index in [9.17, 15) is 0 Å². The van der Waals surface area contributed by atoms with Crippen molar-refractivity contribution in [2.75, 3.05) is 13.1 Å². The van der Waals surface area contributed by atoms with Gasteiger partial charge in [0, 0.05) is 0 Å². The summed E-state index contributed by atoms with van der Waals surface area (Å²) in [6.07, 6.45) is 4.17. The van der Waals surface area contributed by atoms with Crippen LogP contribution in [0, 0.1) is 12.8 Å². The van der Waals surface area contributed by atoms with Crippen LogP contribution in [0.3, 0.4) is 0 Å². The molecule has 1 N–H and O–H groups in total. The van der Waals surface area contributed by atoms with Crippen LogP contribution in [0.15, 0.2) is 24.3 Å². The highest BCUT2D eigenvalue weighted by molar-refractivity contribution is 5.25. The van der Waals surface area contributed by atoms with Crippen molar-refractivity contribution < 1.29 is 0 Å². The summed E-state index contributed by atoms with van der Waals surface area (Å²) in [4.78, 5) is 0. The van der Waals surface area contributed by atoms with Gasteiger partial charge in [0.15, 0.2) is 0 Å². The highest BCUT2D eigenvalue weighted by Gasteiger charge is 2.27. The van der Waals surface area contributed by atoms with E-state index in [0.717, 1.165) is 18.4 Å². The Morgan fingerprint density at radius 1 is 1.19 bits per heavy atom. The zero-order valence-corrected chi connectivity index (χ0v) is 10.5. The third-order valence-corrected chi connectivity index (χ3v) is 3.82. The summed E-state index contributed by atoms with van der Waals surface area (Å²) in [5.74, 6) is 1.64. The van der Waals surface area contributed by atoms with Crippen molar-refractivity contribution in [1.82, 2.24) is 5.32 Å². The summed E-state index contributed by atoms with van der Waals surface area (Å²) in [5, 5.41) is 3.50. The van der Waals surface area contributed by atoms with E-state index in [4.69, 9.17) is 0 Å². The Bertz CT molecular complexity index is 315. The molecule has 0 amide bonds. The van der Waals surface area contributed by atoms with Crippen LogP contribution in [-0.4, -0.2) is 13.1 Å². The zero-order valence-electron chi connectivity index (χ0n) is 10.5. The van der Waals surface area contributed by atoms with Crippen molar-refractivity contribution in [1.29, 1.82) is 0 Å². The summed E-state index contributed by atoms with van der Waals surface area (Å²) in [6, 6.07) is 9.14. The maximum atomic E-state index is 3.50. The maximum absolute atomic E-state index is 3.50. The maximum Gasteiger partial charge on any atom is -0.00148 e. The Labute approximate surface area is 99.3 Å². The summed E-state index contributed by atoms with van der Waals surface area (Å²) < 4.78 is 0. The molecule has 1 aliphatic carbocycles. The van der Waals surface area contributed by atoms with Crippen molar-refractivity contribution in [2.45, 2.75) is 39.0 Å². The van der Waals surface area contributed by atoms with Gasteiger partial charge in [-0.2, -0.15) is 0 Å². The van der Waals surface area contributed by atoms with Gasteiger partial charge in [-0.15, -0.1) is 0 Å². The van der Waals surface area contributed by atoms with Crippen LogP contribution >= 0.6 is 0 Å². The lowest BCUT2D eigenvalue weighted by molar-refractivity contribution is 0.450. The number of hydrogen-bond acceptors (Lipinski definition) is 1. The van der Waals surface area contributed by atoms with Crippen LogP contribution in [-0.2, 0) is 0 Å². The third kappa shape index (κ3) is 2.65. The lowest BCUT2D eigenvalue weighted by Crippen LogP contribution is -2.24. The molecule has 0 aliphatic heterocycles. The van der Waals surface area contributed by atoms with E-state index in [-0.39, 0.29) is 0 Å². The third-order valence-electron chi connectivity index (χ3n) is 3.82. The Morgan fingerprint density at radius 3 is 2.62 bits per heavy atom. The minimum Gasteiger partial charge on any atom is -0.317 e. The average molecular weight is 217 g/mol. The average Bonchev–Trinajstić information content (AvgIpc) is 2.75. The van der Waals surface area contributed by atoms with Crippen molar-refractivity contribution >= 4 is 0 Å². The summed E-state index contributed by atoms with van der Waals surface area (Å²) >= 11 is 0. The van der Waals surface area contributed by atoms with E-state index in [2.05, 4.69) is 43.4 Å². The minimum absolute atomic E-state index is 0.791. The van der Waals surface area contributed by atoms with Crippen molar-refractivity contribution in [3.63, 3.8) is 0 Å². The molecule has 0 radical (unpaired) electrons. The topological polar surface area (TPSA) is 12.0 Å². The molecule has 2 unspecified atom stereocenters. The molecule has 1 aliphatic rings. The van der Waals surface area contributed by atoms with Crippen LogP contribution in [0.1, 0.15) is 43.2 Å².